The molecule has 0 unspecified atom stereocenters. The van der Waals surface area contributed by atoms with Crippen LogP contribution in [0, 0.1) is 5.92 Å². The van der Waals surface area contributed by atoms with Gasteiger partial charge in [-0.05, 0) is 18.1 Å². The molecule has 1 N–H and O–H groups in total. The molecular formula is C19H25N3O3. The van der Waals surface area contributed by atoms with E-state index >= 15 is 0 Å². The minimum Gasteiger partial charge on any atom is -0.496 e. The Bertz CT molecular complexity index is 728. The van der Waals surface area contributed by atoms with Crippen molar-refractivity contribution >= 4 is 5.97 Å². The van der Waals surface area contributed by atoms with Gasteiger partial charge in [-0.15, -0.1) is 0 Å². The smallest absolute Gasteiger partial charge is 0.308 e. The maximum atomic E-state index is 11.8. The van der Waals surface area contributed by atoms with Crippen molar-refractivity contribution in [3.63, 3.8) is 0 Å². The SMILES string of the molecule is CCCn1ccnc1CN1C[C@@H](C(=O)O)[C@H](c2ccccc2OC)C1. The van der Waals surface area contributed by atoms with Gasteiger partial charge in [-0.1, -0.05) is 25.1 Å². The van der Waals surface area contributed by atoms with Crippen molar-refractivity contribution in [2.24, 2.45) is 5.92 Å². The van der Waals surface area contributed by atoms with Crippen LogP contribution < -0.4 is 4.74 Å². The van der Waals surface area contributed by atoms with E-state index in [-0.39, 0.29) is 5.92 Å². The number of aromatic nitrogens is 2. The molecule has 0 spiro atoms. The lowest BCUT2D eigenvalue weighted by Gasteiger charge is -2.18. The van der Waals surface area contributed by atoms with Crippen LogP contribution in [0.5, 0.6) is 5.75 Å². The summed E-state index contributed by atoms with van der Waals surface area (Å²) in [7, 11) is 1.63. The third kappa shape index (κ3) is 3.69. The van der Waals surface area contributed by atoms with Crippen molar-refractivity contribution in [3.8, 4) is 5.75 Å². The summed E-state index contributed by atoms with van der Waals surface area (Å²) < 4.78 is 7.60. The number of benzene rings is 1. The number of carboxylic acid groups (broad SMARTS) is 1. The Morgan fingerprint density at radius 3 is 2.88 bits per heavy atom. The second-order valence-electron chi connectivity index (χ2n) is 6.52. The van der Waals surface area contributed by atoms with Gasteiger partial charge in [0.1, 0.15) is 11.6 Å². The molecule has 0 amide bonds. The summed E-state index contributed by atoms with van der Waals surface area (Å²) in [5, 5.41) is 9.70. The zero-order chi connectivity index (χ0) is 17.8. The van der Waals surface area contributed by atoms with Gasteiger partial charge in [0.2, 0.25) is 0 Å². The highest BCUT2D eigenvalue weighted by atomic mass is 16.5. The topological polar surface area (TPSA) is 67.6 Å². The third-order valence-corrected chi connectivity index (χ3v) is 4.88. The summed E-state index contributed by atoms with van der Waals surface area (Å²) in [4.78, 5) is 18.4. The van der Waals surface area contributed by atoms with Crippen LogP contribution in [0.3, 0.4) is 0 Å². The summed E-state index contributed by atoms with van der Waals surface area (Å²) in [6, 6.07) is 7.71. The van der Waals surface area contributed by atoms with E-state index in [1.165, 1.54) is 0 Å². The molecule has 1 aliphatic heterocycles. The normalized spacial score (nSPS) is 20.7. The number of methoxy groups -OCH3 is 1. The van der Waals surface area contributed by atoms with Crippen LogP contribution in [0.15, 0.2) is 36.7 Å². The molecule has 6 nitrogen and oxygen atoms in total. The molecule has 25 heavy (non-hydrogen) atoms. The molecule has 1 aromatic carbocycles. The fourth-order valence-electron chi connectivity index (χ4n) is 3.69. The molecular weight excluding hydrogens is 318 g/mol. The number of hydrogen-bond acceptors (Lipinski definition) is 4. The van der Waals surface area contributed by atoms with Gasteiger partial charge in [0.05, 0.1) is 19.6 Å². The van der Waals surface area contributed by atoms with Crippen molar-refractivity contribution < 1.29 is 14.6 Å². The van der Waals surface area contributed by atoms with E-state index in [0.717, 1.165) is 30.1 Å². The highest BCUT2D eigenvalue weighted by Gasteiger charge is 2.40. The fraction of sp³-hybridized carbons (Fsp3) is 0.474. The summed E-state index contributed by atoms with van der Waals surface area (Å²) in [6.45, 7) is 4.95. The minimum atomic E-state index is -0.754. The molecule has 0 radical (unpaired) electrons. The van der Waals surface area contributed by atoms with Crippen molar-refractivity contribution in [1.82, 2.24) is 14.5 Å². The molecule has 0 aliphatic carbocycles. The Morgan fingerprint density at radius 2 is 2.16 bits per heavy atom. The largest absolute Gasteiger partial charge is 0.496 e. The lowest BCUT2D eigenvalue weighted by molar-refractivity contribution is -0.141. The second kappa shape index (κ2) is 7.70. The van der Waals surface area contributed by atoms with Crippen molar-refractivity contribution in [3.05, 3.63) is 48.0 Å². The Balaban J connectivity index is 1.81. The van der Waals surface area contributed by atoms with Crippen LogP contribution in [0.4, 0.5) is 0 Å². The maximum absolute atomic E-state index is 11.8. The van der Waals surface area contributed by atoms with Gasteiger partial charge < -0.3 is 14.4 Å². The number of para-hydroxylation sites is 1. The number of nitrogens with zero attached hydrogens (tertiary/aromatic N) is 3. The van der Waals surface area contributed by atoms with Crippen molar-refractivity contribution in [2.45, 2.75) is 32.4 Å². The number of likely N-dealkylation sites (tertiary alicyclic amines) is 1. The van der Waals surface area contributed by atoms with Gasteiger partial charge in [0, 0.05) is 37.9 Å². The molecule has 1 aliphatic rings. The standard InChI is InChI=1S/C19H25N3O3/c1-3-9-22-10-8-20-18(22)13-21-11-15(16(12-21)19(23)24)14-6-4-5-7-17(14)25-2/h4-8,10,15-16H,3,9,11-13H2,1-2H3,(H,23,24)/t15-,16+/m0/s1. The van der Waals surface area contributed by atoms with E-state index in [9.17, 15) is 9.90 Å². The molecule has 2 heterocycles. The van der Waals surface area contributed by atoms with E-state index in [1.807, 2.05) is 36.7 Å². The summed E-state index contributed by atoms with van der Waals surface area (Å²) in [5.41, 5.74) is 0.969. The third-order valence-electron chi connectivity index (χ3n) is 4.88. The number of hydrogen-bond donors (Lipinski definition) is 1. The second-order valence-corrected chi connectivity index (χ2v) is 6.52. The lowest BCUT2D eigenvalue weighted by Crippen LogP contribution is -2.24. The first-order valence-corrected chi connectivity index (χ1v) is 8.72. The van der Waals surface area contributed by atoms with Crippen LogP contribution >= 0.6 is 0 Å². The molecule has 2 aromatic rings. The quantitative estimate of drug-likeness (QED) is 0.837. The number of carboxylic acids is 1. The highest BCUT2D eigenvalue weighted by Crippen LogP contribution is 2.38. The number of aryl methyl sites for hydroxylation is 1. The summed E-state index contributed by atoms with van der Waals surface area (Å²) in [6.07, 6.45) is 4.85. The average Bonchev–Trinajstić information content (AvgIpc) is 3.23. The summed E-state index contributed by atoms with van der Waals surface area (Å²) >= 11 is 0. The average molecular weight is 343 g/mol. The Morgan fingerprint density at radius 1 is 1.36 bits per heavy atom. The number of imidazole rings is 1. The predicted octanol–water partition coefficient (Wildman–Crippen LogP) is 2.60. The van der Waals surface area contributed by atoms with Crippen molar-refractivity contribution in [1.29, 1.82) is 0 Å². The highest BCUT2D eigenvalue weighted by molar-refractivity contribution is 5.72. The van der Waals surface area contributed by atoms with E-state index in [0.29, 0.717) is 19.6 Å². The molecule has 2 atom stereocenters. The molecule has 6 heteroatoms. The molecule has 1 aromatic heterocycles. The van der Waals surface area contributed by atoms with Gasteiger partial charge in [-0.3, -0.25) is 9.69 Å². The Hall–Kier alpha value is -2.34. The molecule has 1 fully saturated rings. The zero-order valence-corrected chi connectivity index (χ0v) is 14.8. The lowest BCUT2D eigenvalue weighted by atomic mass is 9.88. The first kappa shape index (κ1) is 17.5. The van der Waals surface area contributed by atoms with Gasteiger partial charge in [0.25, 0.3) is 0 Å². The van der Waals surface area contributed by atoms with Gasteiger partial charge >= 0.3 is 5.97 Å². The zero-order valence-electron chi connectivity index (χ0n) is 14.8. The van der Waals surface area contributed by atoms with E-state index in [1.54, 1.807) is 7.11 Å². The number of carbonyl (C=O) groups is 1. The van der Waals surface area contributed by atoms with Crippen molar-refractivity contribution in [2.75, 3.05) is 20.2 Å². The summed E-state index contributed by atoms with van der Waals surface area (Å²) in [5.74, 6) is 0.476. The van der Waals surface area contributed by atoms with Crippen LogP contribution in [-0.2, 0) is 17.9 Å². The van der Waals surface area contributed by atoms with Crippen LogP contribution in [0.2, 0.25) is 0 Å². The first-order chi connectivity index (χ1) is 12.1. The van der Waals surface area contributed by atoms with E-state index in [2.05, 4.69) is 21.4 Å². The monoisotopic (exact) mass is 343 g/mol. The Kier molecular flexibility index (Phi) is 5.38. The molecule has 0 bridgehead atoms. The first-order valence-electron chi connectivity index (χ1n) is 8.72. The molecule has 1 saturated heterocycles. The molecule has 134 valence electrons. The number of aliphatic carboxylic acids is 1. The number of rotatable bonds is 7. The van der Waals surface area contributed by atoms with Crippen LogP contribution in [-0.4, -0.2) is 45.7 Å². The van der Waals surface area contributed by atoms with Gasteiger partial charge in [0.15, 0.2) is 0 Å². The number of ether oxygens (including phenoxy) is 1. The molecule has 3 rings (SSSR count). The van der Waals surface area contributed by atoms with Crippen LogP contribution in [0.25, 0.3) is 0 Å². The fourth-order valence-corrected chi connectivity index (χ4v) is 3.69. The van der Waals surface area contributed by atoms with Crippen LogP contribution in [0.1, 0.15) is 30.7 Å². The predicted molar refractivity (Wildman–Crippen MR) is 94.7 cm³/mol. The van der Waals surface area contributed by atoms with E-state index in [4.69, 9.17) is 4.74 Å². The maximum Gasteiger partial charge on any atom is 0.308 e. The van der Waals surface area contributed by atoms with Gasteiger partial charge in [-0.25, -0.2) is 4.98 Å². The van der Waals surface area contributed by atoms with E-state index < -0.39 is 11.9 Å². The molecule has 0 saturated carbocycles. The Labute approximate surface area is 148 Å². The minimum absolute atomic E-state index is 0.0803. The van der Waals surface area contributed by atoms with Gasteiger partial charge in [-0.2, -0.15) is 0 Å².